The van der Waals surface area contributed by atoms with Crippen LogP contribution < -0.4 is 24.0 Å². The smallest absolute Gasteiger partial charge is 0.875 e. The summed E-state index contributed by atoms with van der Waals surface area (Å²) in [5, 5.41) is 11.4. The third-order valence-corrected chi connectivity index (χ3v) is 2.36. The minimum absolute atomic E-state index is 0. The number of hydrogen-bond acceptors (Lipinski definition) is 1. The van der Waals surface area contributed by atoms with Crippen molar-refractivity contribution in [3.63, 3.8) is 0 Å². The van der Waals surface area contributed by atoms with Gasteiger partial charge in [0.25, 0.3) is 0 Å². The maximum Gasteiger partial charge on any atom is 1.00 e. The summed E-state index contributed by atoms with van der Waals surface area (Å²) in [5.41, 5.74) is 0.999. The Bertz CT molecular complexity index is 170. The van der Waals surface area contributed by atoms with Gasteiger partial charge >= 0.3 is 18.9 Å². The maximum atomic E-state index is 11.4. The molecule has 1 aliphatic rings. The van der Waals surface area contributed by atoms with Crippen molar-refractivity contribution < 1.29 is 24.0 Å². The van der Waals surface area contributed by atoms with E-state index in [1.165, 1.54) is 6.42 Å². The first kappa shape index (κ1) is 11.1. The largest absolute Gasteiger partial charge is 1.00 e. The molecule has 0 bridgehead atoms. The molecular formula is C9H15LiO. The van der Waals surface area contributed by atoms with Crippen molar-refractivity contribution in [3.05, 3.63) is 11.3 Å². The Morgan fingerprint density at radius 1 is 1.36 bits per heavy atom. The maximum absolute atomic E-state index is 11.4. The van der Waals surface area contributed by atoms with E-state index in [0.29, 0.717) is 5.76 Å². The summed E-state index contributed by atoms with van der Waals surface area (Å²) in [5.74, 6) is 0.374. The molecule has 0 spiro atoms. The standard InChI is InChI=1S/C9H16O.Li/c1-7-5-4-6-9(2,3)8(7)10;/h10H,4-6H2,1-3H3;/q;+1/p-1. The summed E-state index contributed by atoms with van der Waals surface area (Å²) in [4.78, 5) is 0. The molecule has 1 nitrogen and oxygen atoms in total. The summed E-state index contributed by atoms with van der Waals surface area (Å²) < 4.78 is 0. The van der Waals surface area contributed by atoms with Crippen LogP contribution in [0.2, 0.25) is 0 Å². The second-order valence-corrected chi connectivity index (χ2v) is 3.85. The van der Waals surface area contributed by atoms with Crippen LogP contribution in [-0.2, 0) is 0 Å². The zero-order valence-corrected chi connectivity index (χ0v) is 8.03. The predicted molar refractivity (Wildman–Crippen MR) is 40.3 cm³/mol. The first-order valence-corrected chi connectivity index (χ1v) is 3.91. The fourth-order valence-corrected chi connectivity index (χ4v) is 1.60. The quantitative estimate of drug-likeness (QED) is 0.395. The summed E-state index contributed by atoms with van der Waals surface area (Å²) in [7, 11) is 0. The fourth-order valence-electron chi connectivity index (χ4n) is 1.60. The van der Waals surface area contributed by atoms with Gasteiger partial charge in [-0.2, -0.15) is 0 Å². The predicted octanol–water partition coefficient (Wildman–Crippen LogP) is -1.17. The van der Waals surface area contributed by atoms with E-state index in [1.54, 1.807) is 0 Å². The monoisotopic (exact) mass is 146 g/mol. The van der Waals surface area contributed by atoms with Crippen molar-refractivity contribution in [3.8, 4) is 0 Å². The zero-order valence-electron chi connectivity index (χ0n) is 8.03. The van der Waals surface area contributed by atoms with Gasteiger partial charge in [-0.15, -0.1) is 5.76 Å². The van der Waals surface area contributed by atoms with Gasteiger partial charge in [0.2, 0.25) is 0 Å². The normalized spacial score (nSPS) is 22.8. The van der Waals surface area contributed by atoms with Crippen LogP contribution in [0.1, 0.15) is 40.0 Å². The van der Waals surface area contributed by atoms with Crippen molar-refractivity contribution in [2.24, 2.45) is 5.41 Å². The third kappa shape index (κ3) is 2.29. The molecule has 0 saturated heterocycles. The van der Waals surface area contributed by atoms with Crippen LogP contribution in [0.15, 0.2) is 11.3 Å². The number of rotatable bonds is 0. The van der Waals surface area contributed by atoms with Gasteiger partial charge in [-0.25, -0.2) is 0 Å². The molecule has 0 N–H and O–H groups in total. The van der Waals surface area contributed by atoms with E-state index in [4.69, 9.17) is 0 Å². The Balaban J connectivity index is 0.000001000. The van der Waals surface area contributed by atoms with Crippen molar-refractivity contribution in [2.75, 3.05) is 0 Å². The Morgan fingerprint density at radius 3 is 2.27 bits per heavy atom. The second-order valence-electron chi connectivity index (χ2n) is 3.85. The minimum atomic E-state index is -0.0671. The van der Waals surface area contributed by atoms with E-state index in [0.717, 1.165) is 18.4 Å². The Labute approximate surface area is 81.1 Å². The third-order valence-electron chi connectivity index (χ3n) is 2.36. The topological polar surface area (TPSA) is 23.1 Å². The van der Waals surface area contributed by atoms with E-state index in [9.17, 15) is 5.11 Å². The molecule has 1 rings (SSSR count). The molecule has 0 aromatic heterocycles. The summed E-state index contributed by atoms with van der Waals surface area (Å²) in [6.45, 7) is 6.04. The summed E-state index contributed by atoms with van der Waals surface area (Å²) >= 11 is 0. The second kappa shape index (κ2) is 3.69. The molecule has 0 saturated carbocycles. The van der Waals surface area contributed by atoms with Crippen LogP contribution in [-0.4, -0.2) is 0 Å². The van der Waals surface area contributed by atoms with Crippen LogP contribution in [0.4, 0.5) is 0 Å². The molecule has 0 atom stereocenters. The first-order valence-electron chi connectivity index (χ1n) is 3.91. The molecule has 0 aliphatic heterocycles. The van der Waals surface area contributed by atoms with Crippen molar-refractivity contribution in [1.29, 1.82) is 0 Å². The van der Waals surface area contributed by atoms with E-state index in [1.807, 2.05) is 20.8 Å². The van der Waals surface area contributed by atoms with Crippen LogP contribution in [0.3, 0.4) is 0 Å². The molecule has 0 heterocycles. The Hall–Kier alpha value is 0.137. The average Bonchev–Trinajstić information content (AvgIpc) is 1.83. The molecule has 0 aromatic rings. The summed E-state index contributed by atoms with van der Waals surface area (Å²) in [6, 6.07) is 0. The molecule has 11 heavy (non-hydrogen) atoms. The molecule has 0 amide bonds. The molecule has 1 aliphatic carbocycles. The average molecular weight is 146 g/mol. The van der Waals surface area contributed by atoms with Gasteiger partial charge in [0.15, 0.2) is 0 Å². The van der Waals surface area contributed by atoms with Crippen molar-refractivity contribution in [1.82, 2.24) is 0 Å². The molecule has 0 radical (unpaired) electrons. The molecule has 0 fully saturated rings. The van der Waals surface area contributed by atoms with Crippen LogP contribution >= 0.6 is 0 Å². The van der Waals surface area contributed by atoms with E-state index in [-0.39, 0.29) is 24.3 Å². The van der Waals surface area contributed by atoms with E-state index in [2.05, 4.69) is 0 Å². The van der Waals surface area contributed by atoms with Crippen LogP contribution in [0, 0.1) is 5.41 Å². The Morgan fingerprint density at radius 2 is 1.91 bits per heavy atom. The number of hydrogen-bond donors (Lipinski definition) is 0. The fraction of sp³-hybridized carbons (Fsp3) is 0.778. The molecule has 0 unspecified atom stereocenters. The minimum Gasteiger partial charge on any atom is -0.875 e. The number of allylic oxidation sites excluding steroid dienone is 2. The van der Waals surface area contributed by atoms with Crippen LogP contribution in [0.5, 0.6) is 0 Å². The van der Waals surface area contributed by atoms with Gasteiger partial charge < -0.3 is 5.11 Å². The molecule has 2 heteroatoms. The van der Waals surface area contributed by atoms with Crippen molar-refractivity contribution >= 4 is 0 Å². The SMILES string of the molecule is CC1=C([O-])C(C)(C)CCC1.[Li+]. The van der Waals surface area contributed by atoms with Crippen molar-refractivity contribution in [2.45, 2.75) is 40.0 Å². The van der Waals surface area contributed by atoms with Gasteiger partial charge in [-0.1, -0.05) is 19.4 Å². The van der Waals surface area contributed by atoms with Gasteiger partial charge in [0.1, 0.15) is 0 Å². The zero-order chi connectivity index (χ0) is 7.78. The van der Waals surface area contributed by atoms with E-state index >= 15 is 0 Å². The molecular weight excluding hydrogens is 131 g/mol. The summed E-state index contributed by atoms with van der Waals surface area (Å²) in [6.07, 6.45) is 3.26. The molecule has 58 valence electrons. The van der Waals surface area contributed by atoms with Gasteiger partial charge in [-0.05, 0) is 31.6 Å². The van der Waals surface area contributed by atoms with Gasteiger partial charge in [0.05, 0.1) is 0 Å². The molecule has 0 aromatic carbocycles. The van der Waals surface area contributed by atoms with E-state index < -0.39 is 0 Å². The van der Waals surface area contributed by atoms with Gasteiger partial charge in [-0.3, -0.25) is 0 Å². The van der Waals surface area contributed by atoms with Crippen LogP contribution in [0.25, 0.3) is 0 Å². The van der Waals surface area contributed by atoms with Gasteiger partial charge in [0, 0.05) is 0 Å². The Kier molecular flexibility index (Phi) is 3.74. The first-order chi connectivity index (χ1) is 4.54.